The van der Waals surface area contributed by atoms with Gasteiger partial charge in [-0.25, -0.2) is 0 Å². The summed E-state index contributed by atoms with van der Waals surface area (Å²) in [5, 5.41) is 10.6. The molecule has 0 aromatic heterocycles. The Labute approximate surface area is 131 Å². The van der Waals surface area contributed by atoms with Gasteiger partial charge < -0.3 is 9.84 Å². The van der Waals surface area contributed by atoms with E-state index < -0.39 is 0 Å². The van der Waals surface area contributed by atoms with Gasteiger partial charge in [-0.1, -0.05) is 41.5 Å². The molecule has 0 bridgehead atoms. The zero-order valence-corrected chi connectivity index (χ0v) is 14.5. The smallest absolute Gasteiger partial charge is 0.312 e. The number of phenolic OH excluding ortho intramolecular Hbond substituents is 1. The van der Waals surface area contributed by atoms with Crippen molar-refractivity contribution in [2.75, 3.05) is 5.75 Å². The third kappa shape index (κ3) is 3.20. The molecule has 0 saturated carbocycles. The highest BCUT2D eigenvalue weighted by Gasteiger charge is 2.32. The van der Waals surface area contributed by atoms with Crippen LogP contribution < -0.4 is 4.74 Å². The van der Waals surface area contributed by atoms with Gasteiger partial charge in [-0.15, -0.1) is 11.8 Å². The number of ether oxygens (including phenoxy) is 1. The van der Waals surface area contributed by atoms with Gasteiger partial charge in [0, 0.05) is 11.3 Å². The third-order valence-corrected chi connectivity index (χ3v) is 4.70. The van der Waals surface area contributed by atoms with Gasteiger partial charge in [0.05, 0.1) is 11.3 Å². The van der Waals surface area contributed by atoms with Crippen LogP contribution in [0.1, 0.15) is 59.1 Å². The van der Waals surface area contributed by atoms with Gasteiger partial charge in [-0.2, -0.15) is 0 Å². The fourth-order valence-electron chi connectivity index (χ4n) is 2.40. The van der Waals surface area contributed by atoms with E-state index in [0.717, 1.165) is 16.0 Å². The molecule has 0 atom stereocenters. The van der Waals surface area contributed by atoms with E-state index in [0.29, 0.717) is 17.9 Å². The Balaban J connectivity index is 2.78. The first-order chi connectivity index (χ1) is 9.51. The summed E-state index contributed by atoms with van der Waals surface area (Å²) in [6, 6.07) is 2.07. The first kappa shape index (κ1) is 16.2. The molecule has 1 aliphatic heterocycles. The van der Waals surface area contributed by atoms with Crippen molar-refractivity contribution in [1.29, 1.82) is 0 Å². The average Bonchev–Trinajstić information content (AvgIpc) is 2.48. The predicted octanol–water partition coefficient (Wildman–Crippen LogP) is 4.39. The molecule has 0 amide bonds. The lowest BCUT2D eigenvalue weighted by Crippen LogP contribution is -2.18. The highest BCUT2D eigenvalue weighted by atomic mass is 32.2. The van der Waals surface area contributed by atoms with Gasteiger partial charge in [0.25, 0.3) is 0 Å². The molecule has 4 heteroatoms. The highest BCUT2D eigenvalue weighted by molar-refractivity contribution is 7.99. The van der Waals surface area contributed by atoms with E-state index in [1.54, 1.807) is 11.8 Å². The molecule has 116 valence electrons. The van der Waals surface area contributed by atoms with Gasteiger partial charge in [0.15, 0.2) is 11.5 Å². The van der Waals surface area contributed by atoms with Crippen molar-refractivity contribution in [2.45, 2.75) is 63.7 Å². The number of benzene rings is 1. The molecule has 1 aliphatic rings. The number of esters is 1. The van der Waals surface area contributed by atoms with E-state index in [1.807, 2.05) is 20.8 Å². The fourth-order valence-corrected chi connectivity index (χ4v) is 3.66. The van der Waals surface area contributed by atoms with E-state index >= 15 is 0 Å². The quantitative estimate of drug-likeness (QED) is 0.570. The summed E-state index contributed by atoms with van der Waals surface area (Å²) >= 11 is 1.59. The summed E-state index contributed by atoms with van der Waals surface area (Å²) < 4.78 is 5.45. The van der Waals surface area contributed by atoms with Crippen LogP contribution in [-0.4, -0.2) is 16.8 Å². The number of aromatic hydroxyl groups is 1. The lowest BCUT2D eigenvalue weighted by molar-refractivity contribution is -0.134. The van der Waals surface area contributed by atoms with E-state index in [1.165, 1.54) is 0 Å². The summed E-state index contributed by atoms with van der Waals surface area (Å²) in [6.45, 7) is 12.6. The average molecular weight is 308 g/mol. The molecule has 0 aliphatic carbocycles. The molecule has 1 N–H and O–H groups in total. The summed E-state index contributed by atoms with van der Waals surface area (Å²) in [5.41, 5.74) is 1.64. The first-order valence-electron chi connectivity index (χ1n) is 7.26. The van der Waals surface area contributed by atoms with Crippen LogP contribution >= 0.6 is 11.8 Å². The molecule has 2 rings (SSSR count). The van der Waals surface area contributed by atoms with E-state index in [-0.39, 0.29) is 22.5 Å². The van der Waals surface area contributed by atoms with Crippen molar-refractivity contribution in [3.05, 3.63) is 17.2 Å². The monoisotopic (exact) mass is 308 g/mol. The number of fused-ring (bicyclic) bond motifs is 1. The number of hydrogen-bond acceptors (Lipinski definition) is 4. The van der Waals surface area contributed by atoms with Crippen LogP contribution in [0.2, 0.25) is 0 Å². The van der Waals surface area contributed by atoms with Gasteiger partial charge >= 0.3 is 5.97 Å². The normalized spacial score (nSPS) is 16.2. The van der Waals surface area contributed by atoms with Gasteiger partial charge in [0.1, 0.15) is 0 Å². The molecule has 3 nitrogen and oxygen atoms in total. The van der Waals surface area contributed by atoms with Gasteiger partial charge in [0.2, 0.25) is 0 Å². The lowest BCUT2D eigenvalue weighted by Gasteiger charge is -2.29. The summed E-state index contributed by atoms with van der Waals surface area (Å²) in [6.07, 6.45) is 0.368. The van der Waals surface area contributed by atoms with Crippen molar-refractivity contribution in [1.82, 2.24) is 0 Å². The molecule has 1 aromatic rings. The van der Waals surface area contributed by atoms with Crippen molar-refractivity contribution in [3.8, 4) is 11.5 Å². The van der Waals surface area contributed by atoms with Crippen molar-refractivity contribution >= 4 is 17.7 Å². The molecule has 0 radical (unpaired) electrons. The maximum atomic E-state index is 11.8. The highest BCUT2D eigenvalue weighted by Crippen LogP contribution is 2.50. The maximum Gasteiger partial charge on any atom is 0.312 e. The predicted molar refractivity (Wildman–Crippen MR) is 86.5 cm³/mol. The summed E-state index contributed by atoms with van der Waals surface area (Å²) in [7, 11) is 0. The lowest BCUT2D eigenvalue weighted by atomic mass is 9.80. The van der Waals surface area contributed by atoms with Crippen molar-refractivity contribution in [3.63, 3.8) is 0 Å². The number of carbonyl (C=O) groups is 1. The van der Waals surface area contributed by atoms with Crippen LogP contribution in [0, 0.1) is 0 Å². The van der Waals surface area contributed by atoms with Crippen LogP contribution in [0.15, 0.2) is 11.0 Å². The first-order valence-corrected chi connectivity index (χ1v) is 8.25. The minimum absolute atomic E-state index is 0.0818. The Kier molecular flexibility index (Phi) is 4.04. The van der Waals surface area contributed by atoms with Crippen LogP contribution in [0.5, 0.6) is 11.5 Å². The third-order valence-electron chi connectivity index (χ3n) is 3.59. The minimum atomic E-state index is -0.275. The number of thioether (sulfide) groups is 1. The summed E-state index contributed by atoms with van der Waals surface area (Å²) in [4.78, 5) is 12.7. The fraction of sp³-hybridized carbons (Fsp3) is 0.588. The molecule has 0 unspecified atom stereocenters. The molecule has 1 aromatic carbocycles. The molecule has 1 heterocycles. The number of phenols is 1. The largest absolute Gasteiger partial charge is 0.504 e. The second-order valence-corrected chi connectivity index (χ2v) is 8.66. The Hall–Kier alpha value is -1.16. The minimum Gasteiger partial charge on any atom is -0.504 e. The SMILES string of the molecule is CC(C)(C)c1cc(C(C)(C)C)c2c(c1O)OC(=O)CCS2. The van der Waals surface area contributed by atoms with Crippen LogP contribution in [-0.2, 0) is 15.6 Å². The van der Waals surface area contributed by atoms with E-state index in [4.69, 9.17) is 4.74 Å². The standard InChI is InChI=1S/C17H24O3S/c1-16(2,3)10-9-11(17(4,5)6)15-14(13(10)19)20-12(18)7-8-21-15/h9,19H,7-8H2,1-6H3. The number of carbonyl (C=O) groups excluding carboxylic acids is 1. The number of rotatable bonds is 0. The molecule has 0 saturated heterocycles. The Bertz CT molecular complexity index is 577. The number of hydrogen-bond donors (Lipinski definition) is 1. The van der Waals surface area contributed by atoms with E-state index in [2.05, 4.69) is 26.8 Å². The van der Waals surface area contributed by atoms with Crippen molar-refractivity contribution < 1.29 is 14.6 Å². The van der Waals surface area contributed by atoms with Crippen molar-refractivity contribution in [2.24, 2.45) is 0 Å². The summed E-state index contributed by atoms with van der Waals surface area (Å²) in [5.74, 6) is 0.860. The molecule has 0 fully saturated rings. The van der Waals surface area contributed by atoms with Crippen LogP contribution in [0.4, 0.5) is 0 Å². The second-order valence-electron chi connectivity index (χ2n) is 7.55. The topological polar surface area (TPSA) is 46.5 Å². The second kappa shape index (κ2) is 5.24. The van der Waals surface area contributed by atoms with Gasteiger partial charge in [-0.05, 0) is 22.5 Å². The zero-order chi connectivity index (χ0) is 16.0. The molecular weight excluding hydrogens is 284 g/mol. The van der Waals surface area contributed by atoms with Gasteiger partial charge in [-0.3, -0.25) is 4.79 Å². The Morgan fingerprint density at radius 3 is 2.19 bits per heavy atom. The Morgan fingerprint density at radius 2 is 1.67 bits per heavy atom. The zero-order valence-electron chi connectivity index (χ0n) is 13.7. The van der Waals surface area contributed by atoms with Crippen LogP contribution in [0.25, 0.3) is 0 Å². The molecule has 0 spiro atoms. The van der Waals surface area contributed by atoms with Crippen LogP contribution in [0.3, 0.4) is 0 Å². The maximum absolute atomic E-state index is 11.8. The van der Waals surface area contributed by atoms with E-state index in [9.17, 15) is 9.90 Å². The Morgan fingerprint density at radius 1 is 1.10 bits per heavy atom. The molecular formula is C17H24O3S. The molecule has 21 heavy (non-hydrogen) atoms.